The van der Waals surface area contributed by atoms with E-state index in [0.29, 0.717) is 10.8 Å². The third kappa shape index (κ3) is 2.55. The van der Waals surface area contributed by atoms with E-state index in [2.05, 4.69) is 5.32 Å². The van der Waals surface area contributed by atoms with E-state index in [0.717, 1.165) is 4.90 Å². The predicted molar refractivity (Wildman–Crippen MR) is 92.7 cm³/mol. The van der Waals surface area contributed by atoms with Gasteiger partial charge < -0.3 is 10.2 Å². The fourth-order valence-electron chi connectivity index (χ4n) is 2.72. The van der Waals surface area contributed by atoms with Crippen LogP contribution in [0.5, 0.6) is 0 Å². The minimum atomic E-state index is -0.861. The van der Waals surface area contributed by atoms with Crippen molar-refractivity contribution in [1.29, 1.82) is 0 Å². The van der Waals surface area contributed by atoms with Crippen molar-refractivity contribution in [2.24, 2.45) is 0 Å². The number of thioether (sulfide) groups is 1. The molecule has 0 fully saturated rings. The first kappa shape index (κ1) is 16.3. The lowest BCUT2D eigenvalue weighted by Gasteiger charge is -2.21. The summed E-state index contributed by atoms with van der Waals surface area (Å²) in [4.78, 5) is 54.5. The number of imide groups is 1. The highest BCUT2D eigenvalue weighted by Gasteiger charge is 2.39. The molecule has 0 bridgehead atoms. The molecule has 0 saturated heterocycles. The smallest absolute Gasteiger partial charge is 0.324 e. The number of hydrogen-bond donors (Lipinski definition) is 1. The molecule has 0 spiro atoms. The highest BCUT2D eigenvalue weighted by atomic mass is 32.2. The molecule has 2 aliphatic rings. The Balaban J connectivity index is 1.57. The molecule has 7 nitrogen and oxygen atoms in total. The topological polar surface area (TPSA) is 92.8 Å². The molecule has 4 rings (SSSR count). The lowest BCUT2D eigenvalue weighted by molar-refractivity contribution is -0.115. The van der Waals surface area contributed by atoms with E-state index in [-0.39, 0.29) is 27.8 Å². The van der Waals surface area contributed by atoms with Crippen LogP contribution in [0.2, 0.25) is 0 Å². The number of fused-ring (bicyclic) bond motifs is 2. The molecular formula is C18H12N2O5S. The van der Waals surface area contributed by atoms with E-state index in [4.69, 9.17) is 4.84 Å². The van der Waals surface area contributed by atoms with Gasteiger partial charge >= 0.3 is 5.97 Å². The Labute approximate surface area is 152 Å². The van der Waals surface area contributed by atoms with Gasteiger partial charge in [-0.3, -0.25) is 14.4 Å². The summed E-state index contributed by atoms with van der Waals surface area (Å²) < 4.78 is 0. The molecule has 0 aromatic heterocycles. The molecule has 3 amide bonds. The van der Waals surface area contributed by atoms with Gasteiger partial charge in [0.1, 0.15) is 0 Å². The number of hydroxylamine groups is 2. The van der Waals surface area contributed by atoms with Crippen LogP contribution in [0.4, 0.5) is 5.69 Å². The molecule has 1 N–H and O–H groups in total. The number of nitrogens with zero attached hydrogens (tertiary/aromatic N) is 1. The Morgan fingerprint density at radius 3 is 2.38 bits per heavy atom. The maximum Gasteiger partial charge on any atom is 0.364 e. The monoisotopic (exact) mass is 368 g/mol. The number of benzene rings is 2. The van der Waals surface area contributed by atoms with Crippen molar-refractivity contribution in [1.82, 2.24) is 5.06 Å². The third-order valence-electron chi connectivity index (χ3n) is 4.08. The van der Waals surface area contributed by atoms with Gasteiger partial charge in [-0.1, -0.05) is 17.2 Å². The number of anilines is 1. The van der Waals surface area contributed by atoms with Gasteiger partial charge in [0, 0.05) is 4.90 Å². The van der Waals surface area contributed by atoms with Gasteiger partial charge in [-0.15, -0.1) is 11.8 Å². The number of carbonyl (C=O) groups excluding carboxylic acids is 4. The van der Waals surface area contributed by atoms with Gasteiger partial charge in [0.25, 0.3) is 11.8 Å². The average Bonchev–Trinajstić information content (AvgIpc) is 2.87. The Morgan fingerprint density at radius 2 is 1.73 bits per heavy atom. The first-order chi connectivity index (χ1) is 12.5. The Hall–Kier alpha value is -3.13. The lowest BCUT2D eigenvalue weighted by atomic mass is 10.1. The average molecular weight is 368 g/mol. The summed E-state index contributed by atoms with van der Waals surface area (Å²) in [6.45, 7) is 1.79. The number of nitrogens with one attached hydrogen (secondary N) is 1. The molecule has 2 aromatic rings. The van der Waals surface area contributed by atoms with Crippen molar-refractivity contribution in [2.45, 2.75) is 17.1 Å². The summed E-state index contributed by atoms with van der Waals surface area (Å²) in [6, 6.07) is 10.9. The molecule has 1 atom stereocenters. The molecule has 0 radical (unpaired) electrons. The zero-order valence-electron chi connectivity index (χ0n) is 13.5. The van der Waals surface area contributed by atoms with Gasteiger partial charge in [-0.25, -0.2) is 4.79 Å². The minimum Gasteiger partial charge on any atom is -0.324 e. The van der Waals surface area contributed by atoms with Crippen molar-refractivity contribution in [2.75, 3.05) is 5.32 Å². The van der Waals surface area contributed by atoms with Crippen molar-refractivity contribution < 1.29 is 24.0 Å². The van der Waals surface area contributed by atoms with E-state index >= 15 is 0 Å². The molecule has 26 heavy (non-hydrogen) atoms. The Morgan fingerprint density at radius 1 is 1.08 bits per heavy atom. The first-order valence-electron chi connectivity index (χ1n) is 7.77. The van der Waals surface area contributed by atoms with Gasteiger partial charge in [-0.2, -0.15) is 0 Å². The normalized spacial score (nSPS) is 18.3. The Kier molecular flexibility index (Phi) is 3.77. The largest absolute Gasteiger partial charge is 0.364 e. The van der Waals surface area contributed by atoms with Crippen LogP contribution in [0.15, 0.2) is 47.4 Å². The van der Waals surface area contributed by atoms with E-state index in [1.54, 1.807) is 25.1 Å². The fraction of sp³-hybridized carbons (Fsp3) is 0.111. The van der Waals surface area contributed by atoms with Crippen molar-refractivity contribution in [3.05, 3.63) is 59.2 Å². The van der Waals surface area contributed by atoms with Crippen LogP contribution in [0.25, 0.3) is 0 Å². The first-order valence-corrected chi connectivity index (χ1v) is 8.65. The second-order valence-corrected chi connectivity index (χ2v) is 7.17. The van der Waals surface area contributed by atoms with Crippen LogP contribution in [0, 0.1) is 0 Å². The number of hydrogen-bond acceptors (Lipinski definition) is 6. The van der Waals surface area contributed by atoms with Crippen molar-refractivity contribution in [3.8, 4) is 0 Å². The minimum absolute atomic E-state index is 0.121. The molecule has 130 valence electrons. The summed E-state index contributed by atoms with van der Waals surface area (Å²) in [5, 5.41) is 2.95. The summed E-state index contributed by atoms with van der Waals surface area (Å²) in [5.41, 5.74) is 0.993. The zero-order chi connectivity index (χ0) is 18.4. The second kappa shape index (κ2) is 5.99. The number of carbonyl (C=O) groups is 4. The quantitative estimate of drug-likeness (QED) is 0.819. The summed E-state index contributed by atoms with van der Waals surface area (Å²) in [6.07, 6.45) is 0. The van der Waals surface area contributed by atoms with Gasteiger partial charge in [0.2, 0.25) is 5.91 Å². The van der Waals surface area contributed by atoms with E-state index in [1.165, 1.54) is 36.0 Å². The SMILES string of the molecule is CC1Sc2ccc(C(=O)ON3C(=O)c4ccccc4C3=O)cc2NC1=O. The number of rotatable bonds is 2. The molecule has 2 aromatic carbocycles. The van der Waals surface area contributed by atoms with Crippen LogP contribution >= 0.6 is 11.8 Å². The van der Waals surface area contributed by atoms with Crippen molar-refractivity contribution in [3.63, 3.8) is 0 Å². The molecule has 2 heterocycles. The van der Waals surface area contributed by atoms with Crippen LogP contribution in [0.3, 0.4) is 0 Å². The lowest BCUT2D eigenvalue weighted by Crippen LogP contribution is -2.32. The second-order valence-electron chi connectivity index (χ2n) is 5.79. The van der Waals surface area contributed by atoms with Crippen LogP contribution < -0.4 is 5.32 Å². The maximum absolute atomic E-state index is 12.4. The highest BCUT2D eigenvalue weighted by Crippen LogP contribution is 2.36. The highest BCUT2D eigenvalue weighted by molar-refractivity contribution is 8.00. The Bertz CT molecular complexity index is 952. The standard InChI is InChI=1S/C18H12N2O5S/c1-9-15(21)19-13-8-10(6-7-14(13)26-9)18(24)25-20-16(22)11-4-2-3-5-12(11)17(20)23/h2-9H,1H3,(H,19,21). The van der Waals surface area contributed by atoms with Crippen LogP contribution in [-0.4, -0.2) is 34.0 Å². The molecule has 8 heteroatoms. The van der Waals surface area contributed by atoms with Crippen LogP contribution in [-0.2, 0) is 9.63 Å². The summed E-state index contributed by atoms with van der Waals surface area (Å²) in [5.74, 6) is -2.39. The molecular weight excluding hydrogens is 356 g/mol. The fourth-order valence-corrected chi connectivity index (χ4v) is 3.65. The third-order valence-corrected chi connectivity index (χ3v) is 5.25. The number of amides is 3. The maximum atomic E-state index is 12.4. The van der Waals surface area contributed by atoms with Gasteiger partial charge in [0.15, 0.2) is 0 Å². The molecule has 0 aliphatic carbocycles. The molecule has 0 saturated carbocycles. The molecule has 2 aliphatic heterocycles. The zero-order valence-corrected chi connectivity index (χ0v) is 14.3. The van der Waals surface area contributed by atoms with Gasteiger partial charge in [-0.05, 0) is 37.3 Å². The van der Waals surface area contributed by atoms with E-state index in [9.17, 15) is 19.2 Å². The van der Waals surface area contributed by atoms with E-state index < -0.39 is 17.8 Å². The van der Waals surface area contributed by atoms with E-state index in [1.807, 2.05) is 0 Å². The molecule has 1 unspecified atom stereocenters. The van der Waals surface area contributed by atoms with Gasteiger partial charge in [0.05, 0.1) is 27.6 Å². The van der Waals surface area contributed by atoms with Crippen molar-refractivity contribution >= 4 is 41.1 Å². The predicted octanol–water partition coefficient (Wildman–Crippen LogP) is 2.49. The summed E-state index contributed by atoms with van der Waals surface area (Å²) >= 11 is 1.38. The van der Waals surface area contributed by atoms with Crippen LogP contribution in [0.1, 0.15) is 38.0 Å². The summed E-state index contributed by atoms with van der Waals surface area (Å²) in [7, 11) is 0.